The van der Waals surface area contributed by atoms with E-state index >= 15 is 0 Å². The summed E-state index contributed by atoms with van der Waals surface area (Å²) >= 11 is 5.97. The van der Waals surface area contributed by atoms with Crippen molar-refractivity contribution >= 4 is 29.1 Å². The number of aliphatic hydroxyl groups is 1. The summed E-state index contributed by atoms with van der Waals surface area (Å²) in [5.41, 5.74) is 0.940. The molecular weight excluding hydrogens is 444 g/mol. The first-order chi connectivity index (χ1) is 15.8. The lowest BCUT2D eigenvalue weighted by Gasteiger charge is -2.28. The van der Waals surface area contributed by atoms with Gasteiger partial charge in [0.2, 0.25) is 0 Å². The lowest BCUT2D eigenvalue weighted by molar-refractivity contribution is -0.140. The van der Waals surface area contributed by atoms with Crippen molar-refractivity contribution in [1.82, 2.24) is 9.80 Å². The van der Waals surface area contributed by atoms with Crippen LogP contribution in [0.25, 0.3) is 5.76 Å². The van der Waals surface area contributed by atoms with E-state index in [9.17, 15) is 19.8 Å². The van der Waals surface area contributed by atoms with Crippen molar-refractivity contribution in [3.63, 3.8) is 0 Å². The van der Waals surface area contributed by atoms with Crippen LogP contribution in [0, 0.1) is 0 Å². The molecule has 2 N–H and O–H groups in total. The Labute approximate surface area is 198 Å². The van der Waals surface area contributed by atoms with Crippen LogP contribution in [-0.2, 0) is 9.59 Å². The number of carbonyl (C=O) groups excluding carboxylic acids is 2. The Kier molecular flexibility index (Phi) is 8.00. The zero-order valence-electron chi connectivity index (χ0n) is 19.0. The third-order valence-corrected chi connectivity index (χ3v) is 6.06. The summed E-state index contributed by atoms with van der Waals surface area (Å²) in [5, 5.41) is 21.7. The number of aliphatic hydroxyl groups excluding tert-OH is 1. The number of nitrogens with zero attached hydrogens (tertiary/aromatic N) is 2. The van der Waals surface area contributed by atoms with Crippen molar-refractivity contribution in [2.24, 2.45) is 0 Å². The van der Waals surface area contributed by atoms with E-state index in [1.807, 2.05) is 13.8 Å². The molecule has 1 aliphatic rings. The molecular formula is C25H29ClN2O5. The lowest BCUT2D eigenvalue weighted by Crippen LogP contribution is -2.38. The standard InChI is InChI=1S/C25H29ClN2O5/c1-4-27(5-2)13-14-28-22(17-9-12-19(29)20(15-17)33-6-3)21(24(31)25(28)32)23(30)16-7-10-18(26)11-8-16/h7-12,15,22,29-30H,4-6,13-14H2,1-3H3/b23-21-. The van der Waals surface area contributed by atoms with Crippen LogP contribution in [0.5, 0.6) is 11.5 Å². The van der Waals surface area contributed by atoms with E-state index in [-0.39, 0.29) is 22.8 Å². The van der Waals surface area contributed by atoms with Crippen LogP contribution in [0.2, 0.25) is 5.02 Å². The molecule has 0 aliphatic carbocycles. The molecule has 0 bridgehead atoms. The molecule has 1 amide bonds. The van der Waals surface area contributed by atoms with Gasteiger partial charge in [-0.1, -0.05) is 31.5 Å². The number of halogens is 1. The van der Waals surface area contributed by atoms with Crippen molar-refractivity contribution in [1.29, 1.82) is 0 Å². The zero-order chi connectivity index (χ0) is 24.1. The normalized spacial score (nSPS) is 17.7. The Balaban J connectivity index is 2.13. The minimum Gasteiger partial charge on any atom is -0.507 e. The van der Waals surface area contributed by atoms with Crippen molar-refractivity contribution in [3.8, 4) is 11.5 Å². The number of ether oxygens (including phenoxy) is 1. The van der Waals surface area contributed by atoms with E-state index < -0.39 is 17.7 Å². The van der Waals surface area contributed by atoms with Gasteiger partial charge in [0, 0.05) is 23.7 Å². The lowest BCUT2D eigenvalue weighted by atomic mass is 9.95. The summed E-state index contributed by atoms with van der Waals surface area (Å²) in [7, 11) is 0. The third kappa shape index (κ3) is 5.15. The minimum atomic E-state index is -0.823. The fraction of sp³-hybridized carbons (Fsp3) is 0.360. The Bertz CT molecular complexity index is 1050. The van der Waals surface area contributed by atoms with E-state index in [4.69, 9.17) is 16.3 Å². The van der Waals surface area contributed by atoms with E-state index in [0.717, 1.165) is 13.1 Å². The number of Topliss-reactive ketones (excluding diaryl/α,β-unsaturated/α-hetero) is 1. The molecule has 0 radical (unpaired) electrons. The highest BCUT2D eigenvalue weighted by Gasteiger charge is 2.46. The molecule has 2 aromatic rings. The maximum Gasteiger partial charge on any atom is 0.295 e. The minimum absolute atomic E-state index is 0.00462. The molecule has 2 aromatic carbocycles. The molecule has 1 saturated heterocycles. The van der Waals surface area contributed by atoms with Gasteiger partial charge in [-0.05, 0) is 62.0 Å². The number of hydrogen-bond donors (Lipinski definition) is 2. The Morgan fingerprint density at radius 2 is 1.76 bits per heavy atom. The Morgan fingerprint density at radius 1 is 1.09 bits per heavy atom. The molecule has 1 heterocycles. The average molecular weight is 473 g/mol. The summed E-state index contributed by atoms with van der Waals surface area (Å²) in [6.45, 7) is 8.70. The van der Waals surface area contributed by atoms with E-state index in [2.05, 4.69) is 4.90 Å². The van der Waals surface area contributed by atoms with Crippen LogP contribution >= 0.6 is 11.6 Å². The van der Waals surface area contributed by atoms with Gasteiger partial charge in [-0.2, -0.15) is 0 Å². The molecule has 7 nitrogen and oxygen atoms in total. The molecule has 1 unspecified atom stereocenters. The summed E-state index contributed by atoms with van der Waals surface area (Å²) in [6.07, 6.45) is 0. The third-order valence-electron chi connectivity index (χ3n) is 5.81. The first-order valence-electron chi connectivity index (χ1n) is 11.0. The molecule has 1 fully saturated rings. The van der Waals surface area contributed by atoms with Gasteiger partial charge < -0.3 is 24.7 Å². The Morgan fingerprint density at radius 3 is 2.36 bits per heavy atom. The molecule has 1 aliphatic heterocycles. The molecule has 0 aromatic heterocycles. The average Bonchev–Trinajstić information content (AvgIpc) is 3.06. The van der Waals surface area contributed by atoms with Crippen LogP contribution in [0.4, 0.5) is 0 Å². The van der Waals surface area contributed by atoms with Gasteiger partial charge >= 0.3 is 0 Å². The topological polar surface area (TPSA) is 90.3 Å². The summed E-state index contributed by atoms with van der Waals surface area (Å²) in [4.78, 5) is 29.8. The van der Waals surface area contributed by atoms with Crippen molar-refractivity contribution in [2.75, 3.05) is 32.8 Å². The van der Waals surface area contributed by atoms with Gasteiger partial charge in [-0.15, -0.1) is 0 Å². The van der Waals surface area contributed by atoms with Crippen molar-refractivity contribution in [2.45, 2.75) is 26.8 Å². The number of aromatic hydroxyl groups is 1. The molecule has 176 valence electrons. The number of benzene rings is 2. The second kappa shape index (κ2) is 10.7. The van der Waals surface area contributed by atoms with E-state index in [1.54, 1.807) is 43.3 Å². The number of likely N-dealkylation sites (tertiary alicyclic amines) is 1. The highest BCUT2D eigenvalue weighted by molar-refractivity contribution is 6.46. The molecule has 8 heteroatoms. The highest BCUT2D eigenvalue weighted by atomic mass is 35.5. The summed E-state index contributed by atoms with van der Waals surface area (Å²) in [5.74, 6) is -1.49. The molecule has 1 atom stereocenters. The molecule has 0 spiro atoms. The summed E-state index contributed by atoms with van der Waals surface area (Å²) < 4.78 is 5.51. The quantitative estimate of drug-likeness (QED) is 0.323. The number of carbonyl (C=O) groups is 2. The van der Waals surface area contributed by atoms with Gasteiger partial charge in [-0.25, -0.2) is 0 Å². The number of likely N-dealkylation sites (N-methyl/N-ethyl adjacent to an activating group) is 1. The smallest absolute Gasteiger partial charge is 0.295 e. The maximum absolute atomic E-state index is 13.1. The zero-order valence-corrected chi connectivity index (χ0v) is 19.8. The Hall–Kier alpha value is -3.03. The SMILES string of the molecule is CCOc1cc(C2/C(=C(/O)c3ccc(Cl)cc3)C(=O)C(=O)N2CCN(CC)CC)ccc1O. The molecule has 33 heavy (non-hydrogen) atoms. The maximum atomic E-state index is 13.1. The fourth-order valence-electron chi connectivity index (χ4n) is 3.98. The molecule has 0 saturated carbocycles. The van der Waals surface area contributed by atoms with Gasteiger partial charge in [0.25, 0.3) is 11.7 Å². The number of amides is 1. The van der Waals surface area contributed by atoms with Gasteiger partial charge in [0.15, 0.2) is 11.5 Å². The number of phenolic OH excluding ortho intramolecular Hbond substituents is 1. The molecule has 3 rings (SSSR count). The predicted octanol–water partition coefficient (Wildman–Crippen LogP) is 4.21. The second-order valence-electron chi connectivity index (χ2n) is 7.69. The van der Waals surface area contributed by atoms with Crippen LogP contribution in [0.15, 0.2) is 48.0 Å². The van der Waals surface area contributed by atoms with Crippen molar-refractivity contribution < 1.29 is 24.5 Å². The van der Waals surface area contributed by atoms with Gasteiger partial charge in [0.1, 0.15) is 5.76 Å². The van der Waals surface area contributed by atoms with Crippen LogP contribution < -0.4 is 4.74 Å². The largest absolute Gasteiger partial charge is 0.507 e. The van der Waals surface area contributed by atoms with E-state index in [1.165, 1.54) is 11.0 Å². The van der Waals surface area contributed by atoms with Gasteiger partial charge in [-0.3, -0.25) is 9.59 Å². The van der Waals surface area contributed by atoms with E-state index in [0.29, 0.717) is 35.8 Å². The van der Waals surface area contributed by atoms with Crippen LogP contribution in [-0.4, -0.2) is 64.5 Å². The number of rotatable bonds is 9. The first-order valence-corrected chi connectivity index (χ1v) is 11.4. The number of hydrogen-bond acceptors (Lipinski definition) is 6. The van der Waals surface area contributed by atoms with Gasteiger partial charge in [0.05, 0.1) is 18.2 Å². The highest BCUT2D eigenvalue weighted by Crippen LogP contribution is 2.41. The summed E-state index contributed by atoms with van der Waals surface area (Å²) in [6, 6.07) is 10.3. The van der Waals surface area contributed by atoms with Crippen LogP contribution in [0.3, 0.4) is 0 Å². The first kappa shape index (κ1) is 24.6. The van der Waals surface area contributed by atoms with Crippen LogP contribution in [0.1, 0.15) is 37.9 Å². The monoisotopic (exact) mass is 472 g/mol. The fourth-order valence-corrected chi connectivity index (χ4v) is 4.11. The second-order valence-corrected chi connectivity index (χ2v) is 8.12. The number of ketones is 1. The number of phenols is 1. The predicted molar refractivity (Wildman–Crippen MR) is 128 cm³/mol. The van der Waals surface area contributed by atoms with Crippen molar-refractivity contribution in [3.05, 3.63) is 64.2 Å².